The Balaban J connectivity index is 1.91. The molecule has 4 aliphatic rings. The van der Waals surface area contributed by atoms with Crippen molar-refractivity contribution in [3.8, 4) is 0 Å². The number of benzene rings is 1. The van der Waals surface area contributed by atoms with E-state index in [9.17, 15) is 28.8 Å². The van der Waals surface area contributed by atoms with Crippen LogP contribution in [-0.2, 0) is 57.1 Å². The van der Waals surface area contributed by atoms with Crippen LogP contribution in [0.1, 0.15) is 85.5 Å². The van der Waals surface area contributed by atoms with Crippen LogP contribution in [0.4, 0.5) is 0 Å². The fourth-order valence-corrected chi connectivity index (χ4v) is 9.24. The lowest BCUT2D eigenvalue weighted by Gasteiger charge is -2.68. The Kier molecular flexibility index (Phi) is 9.96. The van der Waals surface area contributed by atoms with Crippen LogP contribution in [0.3, 0.4) is 0 Å². The van der Waals surface area contributed by atoms with Crippen LogP contribution in [0.5, 0.6) is 0 Å². The molecule has 2 bridgehead atoms. The van der Waals surface area contributed by atoms with Gasteiger partial charge in [-0.05, 0) is 42.0 Å². The molecule has 0 N–H and O–H groups in total. The molecule has 0 unspecified atom stereocenters. The van der Waals surface area contributed by atoms with E-state index in [0.29, 0.717) is 11.1 Å². The van der Waals surface area contributed by atoms with Crippen molar-refractivity contribution in [3.05, 3.63) is 47.0 Å². The topological polar surface area (TPSA) is 167 Å². The molecular formula is C37H46O13. The van der Waals surface area contributed by atoms with Gasteiger partial charge < -0.3 is 33.2 Å². The van der Waals surface area contributed by atoms with E-state index in [-0.39, 0.29) is 25.0 Å². The standard InChI is InChI=1S/C37H46O13/c1-18-26(45-19(2)38)15-25-30(49-34(43)24-13-11-10-12-14-24)32-36(9,27(46-20(3)39)16-28-37(32,17-44-28)50-23(6)42)33(48-22(5)41)31(47-21(4)40)29(18)35(25,7)8/h10-14,25-28,30-33H,15-17H2,1-9H3/t25-,26+,27+,28-,30-,31-,32+,33+,36-,37+/m1/s1. The zero-order chi connectivity index (χ0) is 36.9. The third-order valence-electron chi connectivity index (χ3n) is 11.1. The third-order valence-corrected chi connectivity index (χ3v) is 11.1. The molecule has 2 saturated carbocycles. The summed E-state index contributed by atoms with van der Waals surface area (Å²) in [7, 11) is 0. The Morgan fingerprint density at radius 1 is 0.740 bits per heavy atom. The predicted octanol–water partition coefficient (Wildman–Crippen LogP) is 4.04. The van der Waals surface area contributed by atoms with Crippen molar-refractivity contribution in [3.63, 3.8) is 0 Å². The van der Waals surface area contributed by atoms with E-state index >= 15 is 0 Å². The molecule has 50 heavy (non-hydrogen) atoms. The second kappa shape index (κ2) is 13.5. The van der Waals surface area contributed by atoms with Gasteiger partial charge in [-0.3, -0.25) is 24.0 Å². The van der Waals surface area contributed by atoms with Crippen LogP contribution in [0.2, 0.25) is 0 Å². The maximum Gasteiger partial charge on any atom is 0.338 e. The fraction of sp³-hybridized carbons (Fsp3) is 0.622. The minimum absolute atomic E-state index is 0.0198. The van der Waals surface area contributed by atoms with E-state index in [1.165, 1.54) is 34.6 Å². The maximum absolute atomic E-state index is 14.1. The Morgan fingerprint density at radius 2 is 1.34 bits per heavy atom. The molecule has 272 valence electrons. The summed E-state index contributed by atoms with van der Waals surface area (Å²) in [6.07, 6.45) is -6.43. The lowest BCUT2D eigenvalue weighted by molar-refractivity contribution is -0.355. The minimum Gasteiger partial charge on any atom is -0.462 e. The van der Waals surface area contributed by atoms with Gasteiger partial charge in [0.1, 0.15) is 24.4 Å². The molecule has 0 radical (unpaired) electrons. The zero-order valence-electron chi connectivity index (χ0n) is 29.9. The highest BCUT2D eigenvalue weighted by Crippen LogP contribution is 2.65. The summed E-state index contributed by atoms with van der Waals surface area (Å²) in [5.74, 6) is -5.75. The van der Waals surface area contributed by atoms with Gasteiger partial charge in [-0.25, -0.2) is 4.79 Å². The largest absolute Gasteiger partial charge is 0.462 e. The van der Waals surface area contributed by atoms with Crippen molar-refractivity contribution in [1.29, 1.82) is 0 Å². The second-order valence-corrected chi connectivity index (χ2v) is 14.6. The molecule has 13 nitrogen and oxygen atoms in total. The molecule has 0 amide bonds. The summed E-state index contributed by atoms with van der Waals surface area (Å²) < 4.78 is 43.1. The van der Waals surface area contributed by atoms with Gasteiger partial charge in [0.15, 0.2) is 17.8 Å². The molecule has 1 saturated heterocycles. The first kappa shape index (κ1) is 37.0. The first-order chi connectivity index (χ1) is 23.3. The van der Waals surface area contributed by atoms with Crippen LogP contribution in [0.25, 0.3) is 0 Å². The lowest BCUT2D eigenvalue weighted by atomic mass is 9.45. The number of hydrogen-bond acceptors (Lipinski definition) is 13. The monoisotopic (exact) mass is 698 g/mol. The van der Waals surface area contributed by atoms with E-state index in [0.717, 1.165) is 0 Å². The highest BCUT2D eigenvalue weighted by molar-refractivity contribution is 5.89. The van der Waals surface area contributed by atoms with Crippen LogP contribution < -0.4 is 0 Å². The van der Waals surface area contributed by atoms with Crippen molar-refractivity contribution >= 4 is 35.8 Å². The second-order valence-electron chi connectivity index (χ2n) is 14.6. The van der Waals surface area contributed by atoms with Gasteiger partial charge in [-0.2, -0.15) is 0 Å². The number of hydrogen-bond donors (Lipinski definition) is 0. The van der Waals surface area contributed by atoms with E-state index < -0.39 is 101 Å². The van der Waals surface area contributed by atoms with Crippen LogP contribution >= 0.6 is 0 Å². The van der Waals surface area contributed by atoms with Crippen molar-refractivity contribution in [2.24, 2.45) is 22.7 Å². The quantitative estimate of drug-likeness (QED) is 0.228. The Morgan fingerprint density at radius 3 is 1.86 bits per heavy atom. The average molecular weight is 699 g/mol. The number of carbonyl (C=O) groups is 6. The van der Waals surface area contributed by atoms with Gasteiger partial charge >= 0.3 is 35.8 Å². The SMILES string of the molecule is CC(=O)O[C@H]1C[C@@H]2[C@@H](OC(=O)c3ccccc3)[C@@H]3[C@]4(OC(C)=O)CO[C@@H]4C[C@H](OC(C)=O)[C@@]3(C)[C@@H](OC(C)=O)[C@H](OC(C)=O)C(=C1C)C2(C)C. The van der Waals surface area contributed by atoms with Crippen LogP contribution in [0, 0.1) is 22.7 Å². The molecule has 1 aliphatic heterocycles. The van der Waals surface area contributed by atoms with Crippen LogP contribution in [-0.4, -0.2) is 84.6 Å². The van der Waals surface area contributed by atoms with Gasteiger partial charge in [0.2, 0.25) is 0 Å². The van der Waals surface area contributed by atoms with E-state index in [2.05, 4.69) is 0 Å². The molecule has 1 heterocycles. The molecule has 5 rings (SSSR count). The van der Waals surface area contributed by atoms with Gasteiger partial charge in [-0.1, -0.05) is 39.0 Å². The number of fused-ring (bicyclic) bond motifs is 5. The van der Waals surface area contributed by atoms with Gasteiger partial charge in [0.05, 0.1) is 23.5 Å². The number of rotatable bonds is 7. The summed E-state index contributed by atoms with van der Waals surface area (Å²) >= 11 is 0. The molecular weight excluding hydrogens is 652 g/mol. The van der Waals surface area contributed by atoms with E-state index in [4.69, 9.17) is 33.2 Å². The molecule has 0 aromatic heterocycles. The Hall–Kier alpha value is -4.26. The molecule has 13 heteroatoms. The van der Waals surface area contributed by atoms with Gasteiger partial charge in [-0.15, -0.1) is 0 Å². The first-order valence-corrected chi connectivity index (χ1v) is 16.8. The summed E-state index contributed by atoms with van der Waals surface area (Å²) in [5, 5.41) is 0. The average Bonchev–Trinajstić information content (AvgIpc) is 2.99. The van der Waals surface area contributed by atoms with Crippen LogP contribution in [0.15, 0.2) is 41.5 Å². The highest BCUT2D eigenvalue weighted by Gasteiger charge is 2.77. The predicted molar refractivity (Wildman–Crippen MR) is 173 cm³/mol. The number of esters is 6. The third kappa shape index (κ3) is 6.29. The van der Waals surface area contributed by atoms with Crippen molar-refractivity contribution in [1.82, 2.24) is 0 Å². The van der Waals surface area contributed by atoms with Gasteiger partial charge in [0.25, 0.3) is 0 Å². The Labute approximate surface area is 291 Å². The van der Waals surface area contributed by atoms with E-state index in [1.54, 1.807) is 44.2 Å². The highest BCUT2D eigenvalue weighted by atomic mass is 16.6. The molecule has 3 aliphatic carbocycles. The van der Waals surface area contributed by atoms with Crippen molar-refractivity contribution in [2.45, 2.75) is 117 Å². The smallest absolute Gasteiger partial charge is 0.338 e. The normalized spacial score (nSPS) is 35.3. The lowest BCUT2D eigenvalue weighted by Crippen LogP contribution is -2.80. The minimum atomic E-state index is -1.55. The molecule has 0 spiro atoms. The fourth-order valence-electron chi connectivity index (χ4n) is 9.24. The van der Waals surface area contributed by atoms with Crippen molar-refractivity contribution < 1.29 is 61.9 Å². The Bertz CT molecular complexity index is 1600. The van der Waals surface area contributed by atoms with E-state index in [1.807, 2.05) is 13.8 Å². The summed E-state index contributed by atoms with van der Waals surface area (Å²) in [6, 6.07) is 8.35. The number of carbonyl (C=O) groups excluding carboxylic acids is 6. The molecule has 1 aromatic rings. The summed E-state index contributed by atoms with van der Waals surface area (Å²) in [4.78, 5) is 78.5. The molecule has 3 fully saturated rings. The van der Waals surface area contributed by atoms with Crippen molar-refractivity contribution in [2.75, 3.05) is 6.61 Å². The zero-order valence-corrected chi connectivity index (χ0v) is 29.9. The van der Waals surface area contributed by atoms with Gasteiger partial charge in [0, 0.05) is 47.0 Å². The molecule has 1 aromatic carbocycles. The summed E-state index contributed by atoms with van der Waals surface area (Å²) in [6.45, 7) is 13.3. The maximum atomic E-state index is 14.1. The summed E-state index contributed by atoms with van der Waals surface area (Å²) in [5.41, 5.74) is -2.70. The first-order valence-electron chi connectivity index (χ1n) is 16.8. The molecule has 10 atom stereocenters. The number of ether oxygens (including phenoxy) is 7.